The van der Waals surface area contributed by atoms with Crippen LogP contribution in [0.2, 0.25) is 0 Å². The van der Waals surface area contributed by atoms with E-state index in [1.54, 1.807) is 0 Å². The van der Waals surface area contributed by atoms with Crippen molar-refractivity contribution in [3.05, 3.63) is 29.6 Å². The van der Waals surface area contributed by atoms with E-state index in [1.165, 1.54) is 11.3 Å². The van der Waals surface area contributed by atoms with Gasteiger partial charge in [-0.25, -0.2) is 4.79 Å². The van der Waals surface area contributed by atoms with Crippen molar-refractivity contribution in [1.29, 1.82) is 0 Å². The first kappa shape index (κ1) is 17.0. The predicted octanol–water partition coefficient (Wildman–Crippen LogP) is 4.14. The van der Waals surface area contributed by atoms with Gasteiger partial charge in [0.25, 0.3) is 0 Å². The minimum Gasteiger partial charge on any atom is -0.493 e. The van der Waals surface area contributed by atoms with Gasteiger partial charge in [0.05, 0.1) is 11.3 Å². The molecule has 1 heterocycles. The van der Waals surface area contributed by atoms with E-state index < -0.39 is 11.7 Å². The molecule has 1 aromatic heterocycles. The highest BCUT2D eigenvalue weighted by Crippen LogP contribution is 2.30. The van der Waals surface area contributed by atoms with Crippen LogP contribution in [0.3, 0.4) is 0 Å². The second-order valence-corrected chi connectivity index (χ2v) is 6.88. The Labute approximate surface area is 139 Å². The third-order valence-corrected chi connectivity index (χ3v) is 3.61. The maximum Gasteiger partial charge on any atom is 0.407 e. The number of hydrogen-bond acceptors (Lipinski definition) is 5. The Hall–Kier alpha value is -2.33. The summed E-state index contributed by atoms with van der Waals surface area (Å²) in [6.07, 6.45) is 0.253. The number of amides is 1. The average molecular weight is 333 g/mol. The Morgan fingerprint density at radius 2 is 2.22 bits per heavy atom. The molecule has 0 aliphatic heterocycles. The van der Waals surface area contributed by atoms with Crippen LogP contribution in [-0.4, -0.2) is 29.8 Å². The molecule has 0 spiro atoms. The lowest BCUT2D eigenvalue weighted by molar-refractivity contribution is 0.0525. The summed E-state index contributed by atoms with van der Waals surface area (Å²) < 4.78 is 11.7. The van der Waals surface area contributed by atoms with Crippen molar-refractivity contribution in [3.8, 4) is 5.75 Å². The molecular weight excluding hydrogens is 314 g/mol. The average Bonchev–Trinajstić information content (AvgIpc) is 2.87. The van der Waals surface area contributed by atoms with Crippen molar-refractivity contribution in [2.75, 3.05) is 13.2 Å². The lowest BCUT2D eigenvalue weighted by Crippen LogP contribution is -2.33. The van der Waals surface area contributed by atoms with Crippen molar-refractivity contribution >= 4 is 32.8 Å². The van der Waals surface area contributed by atoms with Crippen LogP contribution in [0.15, 0.2) is 18.2 Å². The topological polar surface area (TPSA) is 64.8 Å². The van der Waals surface area contributed by atoms with Gasteiger partial charge in [0.2, 0.25) is 0 Å². The number of alkyl carbamates (subject to hydrolysis) is 1. The monoisotopic (exact) mass is 333 g/mol. The first-order valence-electron chi connectivity index (χ1n) is 7.25. The van der Waals surface area contributed by atoms with Crippen molar-refractivity contribution in [2.45, 2.75) is 32.8 Å². The molecule has 0 unspecified atom stereocenters. The molecule has 1 amide bonds. The maximum atomic E-state index is 11.5. The quantitative estimate of drug-likeness (QED) is 0.660. The highest BCUT2D eigenvalue weighted by atomic mass is 32.1. The SMILES string of the molecule is [C-]#[N+]c1nc2ccc(OCCCNC(=O)OC(C)(C)C)cc2s1. The van der Waals surface area contributed by atoms with Crippen LogP contribution < -0.4 is 10.1 Å². The summed E-state index contributed by atoms with van der Waals surface area (Å²) in [6, 6.07) is 5.55. The van der Waals surface area contributed by atoms with Gasteiger partial charge in [0.15, 0.2) is 5.52 Å². The summed E-state index contributed by atoms with van der Waals surface area (Å²) in [5.41, 5.74) is 0.314. The highest BCUT2D eigenvalue weighted by molar-refractivity contribution is 7.22. The summed E-state index contributed by atoms with van der Waals surface area (Å²) in [5, 5.41) is 3.11. The largest absolute Gasteiger partial charge is 0.493 e. The molecule has 23 heavy (non-hydrogen) atoms. The van der Waals surface area contributed by atoms with Gasteiger partial charge in [-0.3, -0.25) is 0 Å². The van der Waals surface area contributed by atoms with Gasteiger partial charge in [-0.15, -0.1) is 16.3 Å². The van der Waals surface area contributed by atoms with Crippen LogP contribution in [0.1, 0.15) is 27.2 Å². The fourth-order valence-electron chi connectivity index (χ4n) is 1.80. The molecule has 1 aromatic carbocycles. The molecule has 6 nitrogen and oxygen atoms in total. The smallest absolute Gasteiger partial charge is 0.407 e. The van der Waals surface area contributed by atoms with Crippen LogP contribution in [0.4, 0.5) is 9.93 Å². The van der Waals surface area contributed by atoms with E-state index in [0.29, 0.717) is 24.7 Å². The third-order valence-electron chi connectivity index (χ3n) is 2.70. The molecule has 2 aromatic rings. The number of carbonyl (C=O) groups excluding carboxylic acids is 1. The Morgan fingerprint density at radius 3 is 2.91 bits per heavy atom. The van der Waals surface area contributed by atoms with Gasteiger partial charge < -0.3 is 19.6 Å². The Bertz CT molecular complexity index is 728. The zero-order valence-corrected chi connectivity index (χ0v) is 14.2. The Morgan fingerprint density at radius 1 is 1.43 bits per heavy atom. The number of nitrogens with zero attached hydrogens (tertiary/aromatic N) is 2. The molecule has 0 aliphatic rings. The minimum absolute atomic E-state index is 0.421. The number of ether oxygens (including phenoxy) is 2. The molecule has 122 valence electrons. The number of carbonyl (C=O) groups is 1. The van der Waals surface area contributed by atoms with E-state index in [0.717, 1.165) is 16.0 Å². The van der Waals surface area contributed by atoms with E-state index in [4.69, 9.17) is 16.0 Å². The number of thiazole rings is 1. The van der Waals surface area contributed by atoms with Gasteiger partial charge in [-0.1, -0.05) is 6.57 Å². The molecule has 2 rings (SSSR count). The normalized spacial score (nSPS) is 11.0. The number of hydrogen-bond donors (Lipinski definition) is 1. The van der Waals surface area contributed by atoms with Crippen molar-refractivity contribution in [3.63, 3.8) is 0 Å². The summed E-state index contributed by atoms with van der Waals surface area (Å²) in [6.45, 7) is 13.4. The second kappa shape index (κ2) is 7.29. The Kier molecular flexibility index (Phi) is 5.40. The van der Waals surface area contributed by atoms with Crippen molar-refractivity contribution < 1.29 is 14.3 Å². The van der Waals surface area contributed by atoms with Gasteiger partial charge >= 0.3 is 11.2 Å². The first-order chi connectivity index (χ1) is 10.9. The first-order valence-corrected chi connectivity index (χ1v) is 8.07. The third kappa shape index (κ3) is 5.42. The van der Waals surface area contributed by atoms with E-state index >= 15 is 0 Å². The second-order valence-electron chi connectivity index (χ2n) is 5.87. The van der Waals surface area contributed by atoms with E-state index in [1.807, 2.05) is 39.0 Å². The number of fused-ring (bicyclic) bond motifs is 1. The minimum atomic E-state index is -0.491. The number of rotatable bonds is 5. The zero-order valence-electron chi connectivity index (χ0n) is 13.4. The molecule has 0 atom stereocenters. The van der Waals surface area contributed by atoms with Crippen LogP contribution in [0.25, 0.3) is 15.1 Å². The van der Waals surface area contributed by atoms with E-state index in [2.05, 4.69) is 15.1 Å². The van der Waals surface area contributed by atoms with Gasteiger partial charge in [-0.05, 0) is 39.3 Å². The van der Waals surface area contributed by atoms with Crippen LogP contribution in [0.5, 0.6) is 5.75 Å². The van der Waals surface area contributed by atoms with Crippen molar-refractivity contribution in [2.24, 2.45) is 0 Å². The molecule has 0 saturated heterocycles. The molecule has 7 heteroatoms. The zero-order chi connectivity index (χ0) is 16.9. The number of aromatic nitrogens is 1. The maximum absolute atomic E-state index is 11.5. The molecule has 0 fully saturated rings. The summed E-state index contributed by atoms with van der Waals surface area (Å²) >= 11 is 1.35. The van der Waals surface area contributed by atoms with Crippen molar-refractivity contribution in [1.82, 2.24) is 10.3 Å². The van der Waals surface area contributed by atoms with E-state index in [-0.39, 0.29) is 0 Å². The van der Waals surface area contributed by atoms with Gasteiger partial charge in [-0.2, -0.15) is 0 Å². The molecule has 0 radical (unpaired) electrons. The van der Waals surface area contributed by atoms with Gasteiger partial charge in [0.1, 0.15) is 11.4 Å². The lowest BCUT2D eigenvalue weighted by atomic mass is 10.2. The fraction of sp³-hybridized carbons (Fsp3) is 0.438. The lowest BCUT2D eigenvalue weighted by Gasteiger charge is -2.19. The molecule has 1 N–H and O–H groups in total. The summed E-state index contributed by atoms with van der Waals surface area (Å²) in [7, 11) is 0. The van der Waals surface area contributed by atoms with Crippen LogP contribution in [-0.2, 0) is 4.74 Å². The predicted molar refractivity (Wildman–Crippen MR) is 90.2 cm³/mol. The van der Waals surface area contributed by atoms with Gasteiger partial charge in [0, 0.05) is 12.6 Å². The number of benzene rings is 1. The fourth-order valence-corrected chi connectivity index (χ4v) is 2.58. The molecular formula is C16H19N3O3S. The van der Waals surface area contributed by atoms with Crippen LogP contribution >= 0.6 is 11.3 Å². The summed E-state index contributed by atoms with van der Waals surface area (Å²) in [4.78, 5) is 19.0. The standard InChI is InChI=1S/C16H19N3O3S/c1-16(2,3)22-15(20)18-8-5-9-21-11-6-7-12-13(10-11)23-14(17-4)19-12/h6-7,10H,5,8-9H2,1-3H3,(H,18,20). The highest BCUT2D eigenvalue weighted by Gasteiger charge is 2.15. The number of nitrogens with one attached hydrogen (secondary N) is 1. The van der Waals surface area contributed by atoms with E-state index in [9.17, 15) is 4.79 Å². The Balaban J connectivity index is 1.74. The molecule has 0 bridgehead atoms. The molecule has 0 saturated carbocycles. The molecule has 0 aliphatic carbocycles. The summed E-state index contributed by atoms with van der Waals surface area (Å²) in [5.74, 6) is 0.731. The van der Waals surface area contributed by atoms with Crippen LogP contribution in [0, 0.1) is 6.57 Å².